The Bertz CT molecular complexity index is 955. The summed E-state index contributed by atoms with van der Waals surface area (Å²) in [6.45, 7) is 9.73. The Hall–Kier alpha value is -2.36. The Balaban J connectivity index is 0.00000280. The van der Waals surface area contributed by atoms with Crippen LogP contribution in [0.4, 0.5) is 0 Å². The van der Waals surface area contributed by atoms with Crippen molar-refractivity contribution in [3.05, 3.63) is 59.8 Å². The molecule has 3 aromatic rings. The molecule has 0 saturated heterocycles. The highest BCUT2D eigenvalue weighted by atomic mass is 127. The van der Waals surface area contributed by atoms with Gasteiger partial charge in [0.15, 0.2) is 11.8 Å². The van der Waals surface area contributed by atoms with Crippen molar-refractivity contribution in [3.8, 4) is 0 Å². The molecule has 2 aromatic heterocycles. The molecule has 0 amide bonds. The van der Waals surface area contributed by atoms with Gasteiger partial charge in [0, 0.05) is 37.2 Å². The summed E-state index contributed by atoms with van der Waals surface area (Å²) in [7, 11) is 1.95. The van der Waals surface area contributed by atoms with Crippen LogP contribution in [0.1, 0.15) is 22.8 Å². The van der Waals surface area contributed by atoms with Crippen molar-refractivity contribution in [2.75, 3.05) is 13.1 Å². The zero-order chi connectivity index (χ0) is 19.2. The van der Waals surface area contributed by atoms with E-state index < -0.39 is 0 Å². The number of nitrogens with one attached hydrogen (secondary N) is 3. The molecule has 7 nitrogen and oxygen atoms in total. The fourth-order valence-corrected chi connectivity index (χ4v) is 3.05. The van der Waals surface area contributed by atoms with Crippen LogP contribution in [0.3, 0.4) is 0 Å². The lowest BCUT2D eigenvalue weighted by Crippen LogP contribution is -2.38. The summed E-state index contributed by atoms with van der Waals surface area (Å²) >= 11 is 0. The number of hydrogen-bond donors (Lipinski definition) is 3. The van der Waals surface area contributed by atoms with Crippen LogP contribution in [-0.2, 0) is 20.0 Å². The van der Waals surface area contributed by atoms with Crippen molar-refractivity contribution in [1.82, 2.24) is 30.4 Å². The number of nitrogens with zero attached hydrogens (tertiary/aromatic N) is 4. The maximum Gasteiger partial charge on any atom is 0.191 e. The standard InChI is InChI=1S/C20H27N7.HI/c1-5-10-21-20(24-13-18-26-25-15(3)27(18)4)22-11-9-16-12-23-17-8-6-7-14(2)19(16)17;/h5-8,12,23H,1,9-11,13H2,2-4H3,(H2,21,22,24);1H. The van der Waals surface area contributed by atoms with E-state index in [1.165, 1.54) is 22.0 Å². The minimum absolute atomic E-state index is 0. The molecule has 1 aromatic carbocycles. The molecule has 0 spiro atoms. The summed E-state index contributed by atoms with van der Waals surface area (Å²) in [5.41, 5.74) is 3.78. The molecule has 3 rings (SSSR count). The molecule has 0 aliphatic rings. The molecule has 8 heteroatoms. The second kappa shape index (κ2) is 10.3. The molecular formula is C20H28IN7. The van der Waals surface area contributed by atoms with Crippen LogP contribution in [0, 0.1) is 13.8 Å². The molecule has 28 heavy (non-hydrogen) atoms. The third-order valence-electron chi connectivity index (χ3n) is 4.66. The number of H-pyrrole nitrogens is 1. The lowest BCUT2D eigenvalue weighted by molar-refractivity contribution is 0.757. The Kier molecular flexibility index (Phi) is 8.04. The molecule has 0 saturated carbocycles. The Morgan fingerprint density at radius 3 is 2.82 bits per heavy atom. The van der Waals surface area contributed by atoms with E-state index in [-0.39, 0.29) is 24.0 Å². The predicted octanol–water partition coefficient (Wildman–Crippen LogP) is 3.00. The third-order valence-corrected chi connectivity index (χ3v) is 4.66. The van der Waals surface area contributed by atoms with Gasteiger partial charge in [0.1, 0.15) is 12.4 Å². The number of rotatable bonds is 7. The molecule has 2 heterocycles. The van der Waals surface area contributed by atoms with Crippen molar-refractivity contribution in [2.24, 2.45) is 12.0 Å². The molecule has 0 radical (unpaired) electrons. The minimum Gasteiger partial charge on any atom is -0.361 e. The predicted molar refractivity (Wildman–Crippen MR) is 125 cm³/mol. The lowest BCUT2D eigenvalue weighted by Gasteiger charge is -2.11. The van der Waals surface area contributed by atoms with Crippen molar-refractivity contribution >= 4 is 40.8 Å². The van der Waals surface area contributed by atoms with Crippen LogP contribution in [-0.4, -0.2) is 38.8 Å². The number of aryl methyl sites for hydroxylation is 2. The first-order valence-electron chi connectivity index (χ1n) is 9.13. The van der Waals surface area contributed by atoms with Gasteiger partial charge in [-0.3, -0.25) is 0 Å². The molecule has 0 aliphatic carbocycles. The Labute approximate surface area is 182 Å². The molecule has 0 atom stereocenters. The average molecular weight is 493 g/mol. The number of fused-ring (bicyclic) bond motifs is 1. The van der Waals surface area contributed by atoms with Gasteiger partial charge in [0.05, 0.1) is 0 Å². The smallest absolute Gasteiger partial charge is 0.191 e. The quantitative estimate of drug-likeness (QED) is 0.205. The van der Waals surface area contributed by atoms with Crippen molar-refractivity contribution in [1.29, 1.82) is 0 Å². The number of aliphatic imine (C=N–C) groups is 1. The van der Waals surface area contributed by atoms with E-state index in [0.717, 1.165) is 30.6 Å². The van der Waals surface area contributed by atoms with Crippen molar-refractivity contribution < 1.29 is 0 Å². The number of guanidine groups is 1. The van der Waals surface area contributed by atoms with Gasteiger partial charge in [0.25, 0.3) is 0 Å². The number of benzene rings is 1. The summed E-state index contributed by atoms with van der Waals surface area (Å²) in [5, 5.41) is 16.2. The van der Waals surface area contributed by atoms with Gasteiger partial charge >= 0.3 is 0 Å². The van der Waals surface area contributed by atoms with E-state index in [1.54, 1.807) is 0 Å². The third kappa shape index (κ3) is 5.12. The van der Waals surface area contributed by atoms with E-state index in [0.29, 0.717) is 13.1 Å². The van der Waals surface area contributed by atoms with Crippen LogP contribution in [0.25, 0.3) is 10.9 Å². The SMILES string of the molecule is C=CCNC(=NCc1nnc(C)n1C)NCCc1c[nH]c2cccc(C)c12.I. The second-order valence-electron chi connectivity index (χ2n) is 6.55. The molecule has 0 unspecified atom stereocenters. The van der Waals surface area contributed by atoms with E-state index in [4.69, 9.17) is 0 Å². The van der Waals surface area contributed by atoms with Gasteiger partial charge in [-0.1, -0.05) is 18.2 Å². The zero-order valence-corrected chi connectivity index (χ0v) is 18.9. The van der Waals surface area contributed by atoms with Crippen LogP contribution in [0.5, 0.6) is 0 Å². The van der Waals surface area contributed by atoms with Crippen LogP contribution in [0.15, 0.2) is 42.0 Å². The van der Waals surface area contributed by atoms with E-state index in [2.05, 4.69) is 68.7 Å². The number of aromatic nitrogens is 4. The summed E-state index contributed by atoms with van der Waals surface area (Å²) in [5.74, 6) is 2.45. The summed E-state index contributed by atoms with van der Waals surface area (Å²) in [6, 6.07) is 6.34. The fourth-order valence-electron chi connectivity index (χ4n) is 3.05. The molecular weight excluding hydrogens is 465 g/mol. The molecule has 0 aliphatic heterocycles. The van der Waals surface area contributed by atoms with Gasteiger partial charge in [-0.25, -0.2) is 4.99 Å². The van der Waals surface area contributed by atoms with Crippen LogP contribution >= 0.6 is 24.0 Å². The molecule has 3 N–H and O–H groups in total. The number of halogens is 1. The molecule has 150 valence electrons. The monoisotopic (exact) mass is 493 g/mol. The molecule has 0 fully saturated rings. The Morgan fingerprint density at radius 1 is 1.29 bits per heavy atom. The Morgan fingerprint density at radius 2 is 2.11 bits per heavy atom. The first kappa shape index (κ1) is 21.9. The van der Waals surface area contributed by atoms with Crippen LogP contribution in [0.2, 0.25) is 0 Å². The van der Waals surface area contributed by atoms with Gasteiger partial charge in [-0.15, -0.1) is 40.8 Å². The normalized spacial score (nSPS) is 11.3. The van der Waals surface area contributed by atoms with E-state index in [9.17, 15) is 0 Å². The van der Waals surface area contributed by atoms with Crippen molar-refractivity contribution in [3.63, 3.8) is 0 Å². The molecule has 0 bridgehead atoms. The second-order valence-corrected chi connectivity index (χ2v) is 6.55. The number of aromatic amines is 1. The minimum atomic E-state index is 0. The topological polar surface area (TPSA) is 82.9 Å². The largest absolute Gasteiger partial charge is 0.361 e. The average Bonchev–Trinajstić information content (AvgIpc) is 3.22. The van der Waals surface area contributed by atoms with E-state index >= 15 is 0 Å². The number of hydrogen-bond acceptors (Lipinski definition) is 3. The van der Waals surface area contributed by atoms with Gasteiger partial charge in [-0.05, 0) is 37.5 Å². The van der Waals surface area contributed by atoms with Gasteiger partial charge < -0.3 is 20.2 Å². The van der Waals surface area contributed by atoms with E-state index in [1.807, 2.05) is 24.6 Å². The summed E-state index contributed by atoms with van der Waals surface area (Å²) < 4.78 is 1.95. The fraction of sp³-hybridized carbons (Fsp3) is 0.350. The van der Waals surface area contributed by atoms with Gasteiger partial charge in [-0.2, -0.15) is 0 Å². The van der Waals surface area contributed by atoms with Gasteiger partial charge in [0.2, 0.25) is 0 Å². The zero-order valence-electron chi connectivity index (χ0n) is 16.6. The van der Waals surface area contributed by atoms with Crippen molar-refractivity contribution in [2.45, 2.75) is 26.8 Å². The highest BCUT2D eigenvalue weighted by Gasteiger charge is 2.07. The summed E-state index contributed by atoms with van der Waals surface area (Å²) in [6.07, 6.45) is 4.81. The highest BCUT2D eigenvalue weighted by Crippen LogP contribution is 2.22. The summed E-state index contributed by atoms with van der Waals surface area (Å²) in [4.78, 5) is 7.97. The first-order chi connectivity index (χ1) is 13.1. The highest BCUT2D eigenvalue weighted by molar-refractivity contribution is 14.0. The first-order valence-corrected chi connectivity index (χ1v) is 9.13. The maximum absolute atomic E-state index is 4.62. The lowest BCUT2D eigenvalue weighted by atomic mass is 10.1. The van der Waals surface area contributed by atoms with Crippen LogP contribution < -0.4 is 10.6 Å². The maximum atomic E-state index is 4.62.